The van der Waals surface area contributed by atoms with Crippen LogP contribution in [0.15, 0.2) is 48.7 Å². The van der Waals surface area contributed by atoms with E-state index in [1.807, 2.05) is 18.3 Å². The van der Waals surface area contributed by atoms with E-state index in [9.17, 15) is 4.79 Å². The molecule has 0 atom stereocenters. The number of aryl methyl sites for hydroxylation is 2. The predicted octanol–water partition coefficient (Wildman–Crippen LogP) is 4.00. The van der Waals surface area contributed by atoms with Gasteiger partial charge in [0.25, 0.3) is 0 Å². The molecule has 3 rings (SSSR count). The fourth-order valence-electron chi connectivity index (χ4n) is 2.81. The number of hydrogen-bond donors (Lipinski definition) is 1. The van der Waals surface area contributed by atoms with E-state index >= 15 is 0 Å². The average Bonchev–Trinajstić information content (AvgIpc) is 2.80. The number of fused-ring (bicyclic) bond motifs is 1. The van der Waals surface area contributed by atoms with E-state index in [0.717, 1.165) is 17.4 Å². The summed E-state index contributed by atoms with van der Waals surface area (Å²) in [6.07, 6.45) is 2.01. The number of rotatable bonds is 3. The number of carbonyl (C=O) groups is 1. The van der Waals surface area contributed by atoms with E-state index in [1.54, 1.807) is 12.1 Å². The van der Waals surface area contributed by atoms with Gasteiger partial charge < -0.3 is 9.67 Å². The predicted molar refractivity (Wildman–Crippen MR) is 83.9 cm³/mol. The zero-order chi connectivity index (χ0) is 15.0. The quantitative estimate of drug-likeness (QED) is 0.787. The van der Waals surface area contributed by atoms with Crippen molar-refractivity contribution >= 4 is 16.9 Å². The monoisotopic (exact) mass is 279 g/mol. The molecule has 21 heavy (non-hydrogen) atoms. The summed E-state index contributed by atoms with van der Waals surface area (Å²) in [6.45, 7) is 4.93. The zero-order valence-corrected chi connectivity index (χ0v) is 12.1. The lowest BCUT2D eigenvalue weighted by molar-refractivity contribution is 0.0697. The zero-order valence-electron chi connectivity index (χ0n) is 12.1. The molecule has 0 saturated heterocycles. The molecule has 3 nitrogen and oxygen atoms in total. The molecule has 106 valence electrons. The minimum Gasteiger partial charge on any atom is -0.478 e. The van der Waals surface area contributed by atoms with Crippen LogP contribution in [-0.2, 0) is 6.54 Å². The molecule has 1 aromatic heterocycles. The van der Waals surface area contributed by atoms with Gasteiger partial charge in [0.2, 0.25) is 0 Å². The van der Waals surface area contributed by atoms with Gasteiger partial charge in [-0.05, 0) is 43.0 Å². The highest BCUT2D eigenvalue weighted by molar-refractivity contribution is 5.93. The van der Waals surface area contributed by atoms with Crippen molar-refractivity contribution < 1.29 is 9.90 Å². The molecule has 0 aliphatic carbocycles. The number of aromatic carboxylic acids is 1. The highest BCUT2D eigenvalue weighted by atomic mass is 16.4. The third kappa shape index (κ3) is 2.68. The van der Waals surface area contributed by atoms with Gasteiger partial charge in [-0.25, -0.2) is 4.79 Å². The van der Waals surface area contributed by atoms with Crippen molar-refractivity contribution in [3.8, 4) is 0 Å². The van der Waals surface area contributed by atoms with Crippen molar-refractivity contribution in [1.29, 1.82) is 0 Å². The largest absolute Gasteiger partial charge is 0.478 e. The first-order valence-electron chi connectivity index (χ1n) is 6.92. The highest BCUT2D eigenvalue weighted by Crippen LogP contribution is 2.20. The molecular formula is C18H17NO2. The van der Waals surface area contributed by atoms with Gasteiger partial charge in [0, 0.05) is 18.3 Å². The molecule has 0 bridgehead atoms. The molecule has 0 spiro atoms. The Hall–Kier alpha value is -2.55. The van der Waals surface area contributed by atoms with Crippen LogP contribution in [0.25, 0.3) is 10.9 Å². The Morgan fingerprint density at radius 2 is 1.76 bits per heavy atom. The van der Waals surface area contributed by atoms with E-state index in [4.69, 9.17) is 5.11 Å². The Bertz CT molecular complexity index is 810. The van der Waals surface area contributed by atoms with Crippen molar-refractivity contribution in [3.63, 3.8) is 0 Å². The molecule has 0 radical (unpaired) electrons. The number of carboxylic acid groups (broad SMARTS) is 1. The van der Waals surface area contributed by atoms with E-state index < -0.39 is 5.97 Å². The van der Waals surface area contributed by atoms with Crippen molar-refractivity contribution in [1.82, 2.24) is 4.57 Å². The van der Waals surface area contributed by atoms with Gasteiger partial charge in [0.15, 0.2) is 0 Å². The minimum absolute atomic E-state index is 0.322. The topological polar surface area (TPSA) is 42.2 Å². The molecule has 1 N–H and O–H groups in total. The molecule has 1 heterocycles. The average molecular weight is 279 g/mol. The van der Waals surface area contributed by atoms with E-state index in [1.165, 1.54) is 16.7 Å². The van der Waals surface area contributed by atoms with Gasteiger partial charge in [0.05, 0.1) is 5.56 Å². The smallest absolute Gasteiger partial charge is 0.335 e. The summed E-state index contributed by atoms with van der Waals surface area (Å²) < 4.78 is 2.09. The van der Waals surface area contributed by atoms with Gasteiger partial charge in [-0.1, -0.05) is 35.4 Å². The van der Waals surface area contributed by atoms with Crippen LogP contribution in [-0.4, -0.2) is 15.6 Å². The lowest BCUT2D eigenvalue weighted by Crippen LogP contribution is -2.01. The third-order valence-electron chi connectivity index (χ3n) is 3.66. The SMILES string of the molecule is Cc1cc(C)cc(Cn2ccc3ccc(C(=O)O)cc32)c1. The summed E-state index contributed by atoms with van der Waals surface area (Å²) >= 11 is 0. The van der Waals surface area contributed by atoms with E-state index in [0.29, 0.717) is 5.56 Å². The molecule has 3 heteroatoms. The second kappa shape index (κ2) is 5.09. The maximum atomic E-state index is 11.1. The molecule has 2 aromatic carbocycles. The first-order chi connectivity index (χ1) is 10.0. The van der Waals surface area contributed by atoms with Crippen LogP contribution in [0.4, 0.5) is 0 Å². The van der Waals surface area contributed by atoms with E-state index in [-0.39, 0.29) is 0 Å². The molecule has 3 aromatic rings. The third-order valence-corrected chi connectivity index (χ3v) is 3.66. The van der Waals surface area contributed by atoms with Crippen molar-refractivity contribution in [3.05, 3.63) is 70.9 Å². The Morgan fingerprint density at radius 1 is 1.05 bits per heavy atom. The molecule has 0 fully saturated rings. The summed E-state index contributed by atoms with van der Waals surface area (Å²) in [5, 5.41) is 10.2. The maximum Gasteiger partial charge on any atom is 0.335 e. The first-order valence-corrected chi connectivity index (χ1v) is 6.92. The van der Waals surface area contributed by atoms with Gasteiger partial charge >= 0.3 is 5.97 Å². The molecule has 0 amide bonds. The molecule has 0 aliphatic rings. The van der Waals surface area contributed by atoms with Crippen LogP contribution in [0.1, 0.15) is 27.0 Å². The van der Waals surface area contributed by atoms with Crippen LogP contribution in [0.2, 0.25) is 0 Å². The standard InChI is InChI=1S/C18H17NO2/c1-12-7-13(2)9-14(8-12)11-19-6-5-15-3-4-16(18(20)21)10-17(15)19/h3-10H,11H2,1-2H3,(H,20,21). The van der Waals surface area contributed by atoms with Gasteiger partial charge in [-0.15, -0.1) is 0 Å². The van der Waals surface area contributed by atoms with Crippen LogP contribution < -0.4 is 0 Å². The first kappa shape index (κ1) is 13.4. The Labute approximate surface area is 123 Å². The number of benzene rings is 2. The van der Waals surface area contributed by atoms with Crippen LogP contribution in [0.3, 0.4) is 0 Å². The normalized spacial score (nSPS) is 11.0. The summed E-state index contributed by atoms with van der Waals surface area (Å²) in [5.41, 5.74) is 4.99. The lowest BCUT2D eigenvalue weighted by Gasteiger charge is -2.08. The Morgan fingerprint density at radius 3 is 2.43 bits per heavy atom. The summed E-state index contributed by atoms with van der Waals surface area (Å²) in [6, 6.07) is 13.7. The van der Waals surface area contributed by atoms with Crippen molar-refractivity contribution in [2.75, 3.05) is 0 Å². The van der Waals surface area contributed by atoms with Gasteiger partial charge in [-0.2, -0.15) is 0 Å². The summed E-state index contributed by atoms with van der Waals surface area (Å²) in [7, 11) is 0. The molecular weight excluding hydrogens is 262 g/mol. The molecule has 0 aliphatic heterocycles. The lowest BCUT2D eigenvalue weighted by atomic mass is 10.1. The van der Waals surface area contributed by atoms with Crippen LogP contribution >= 0.6 is 0 Å². The van der Waals surface area contributed by atoms with Gasteiger partial charge in [-0.3, -0.25) is 0 Å². The number of aromatic nitrogens is 1. The Kier molecular flexibility index (Phi) is 3.26. The van der Waals surface area contributed by atoms with Crippen molar-refractivity contribution in [2.45, 2.75) is 20.4 Å². The number of hydrogen-bond acceptors (Lipinski definition) is 1. The van der Waals surface area contributed by atoms with E-state index in [2.05, 4.69) is 36.6 Å². The number of nitrogens with zero attached hydrogens (tertiary/aromatic N) is 1. The summed E-state index contributed by atoms with van der Waals surface area (Å²) in [4.78, 5) is 11.1. The number of carboxylic acids is 1. The van der Waals surface area contributed by atoms with Crippen molar-refractivity contribution in [2.24, 2.45) is 0 Å². The molecule has 0 saturated carbocycles. The van der Waals surface area contributed by atoms with Crippen LogP contribution in [0.5, 0.6) is 0 Å². The minimum atomic E-state index is -0.893. The molecule has 0 unspecified atom stereocenters. The summed E-state index contributed by atoms with van der Waals surface area (Å²) in [5.74, 6) is -0.893. The maximum absolute atomic E-state index is 11.1. The fraction of sp³-hybridized carbons (Fsp3) is 0.167. The van der Waals surface area contributed by atoms with Gasteiger partial charge in [0.1, 0.15) is 0 Å². The fourth-order valence-corrected chi connectivity index (χ4v) is 2.81. The van der Waals surface area contributed by atoms with Crippen LogP contribution in [0, 0.1) is 13.8 Å². The Balaban J connectivity index is 2.03. The second-order valence-electron chi connectivity index (χ2n) is 5.52. The highest BCUT2D eigenvalue weighted by Gasteiger charge is 2.07. The second-order valence-corrected chi connectivity index (χ2v) is 5.52.